The van der Waals surface area contributed by atoms with Gasteiger partial charge in [0, 0.05) is 32.2 Å². The summed E-state index contributed by atoms with van der Waals surface area (Å²) in [5.41, 5.74) is 3.01. The molecule has 1 fully saturated rings. The molecule has 2 aromatic carbocycles. The molecule has 1 saturated heterocycles. The number of morpholine rings is 1. The summed E-state index contributed by atoms with van der Waals surface area (Å²) in [6, 6.07) is 15.2. The van der Waals surface area contributed by atoms with Crippen LogP contribution < -0.4 is 5.32 Å². The van der Waals surface area contributed by atoms with Gasteiger partial charge in [-0.05, 0) is 35.4 Å². The van der Waals surface area contributed by atoms with Gasteiger partial charge >= 0.3 is 0 Å². The van der Waals surface area contributed by atoms with Crippen LogP contribution in [0.15, 0.2) is 48.5 Å². The van der Waals surface area contributed by atoms with Gasteiger partial charge in [-0.3, -0.25) is 9.69 Å². The Morgan fingerprint density at radius 1 is 1.29 bits per heavy atom. The number of carbonyl (C=O) groups is 1. The van der Waals surface area contributed by atoms with Crippen molar-refractivity contribution < 1.29 is 14.6 Å². The lowest BCUT2D eigenvalue weighted by atomic mass is 10.1. The fourth-order valence-corrected chi connectivity index (χ4v) is 2.93. The Morgan fingerprint density at radius 3 is 2.79 bits per heavy atom. The second-order valence-electron chi connectivity index (χ2n) is 6.07. The van der Waals surface area contributed by atoms with E-state index in [1.54, 1.807) is 12.1 Å². The molecule has 0 aliphatic carbocycles. The average Bonchev–Trinajstić information content (AvgIpc) is 2.56. The zero-order valence-corrected chi connectivity index (χ0v) is 13.7. The van der Waals surface area contributed by atoms with E-state index in [9.17, 15) is 9.90 Å². The lowest BCUT2D eigenvalue weighted by Gasteiger charge is -2.33. The van der Waals surface area contributed by atoms with Gasteiger partial charge in [-0.2, -0.15) is 0 Å². The van der Waals surface area contributed by atoms with Crippen molar-refractivity contribution in [2.24, 2.45) is 0 Å². The van der Waals surface area contributed by atoms with E-state index in [1.165, 1.54) is 12.5 Å². The predicted molar refractivity (Wildman–Crippen MR) is 92.8 cm³/mol. The van der Waals surface area contributed by atoms with E-state index in [2.05, 4.69) is 10.2 Å². The molecule has 0 bridgehead atoms. The third-order valence-corrected chi connectivity index (χ3v) is 4.07. The number of hydrogen-bond donors (Lipinski definition) is 2. The van der Waals surface area contributed by atoms with Crippen molar-refractivity contribution in [2.75, 3.05) is 25.0 Å². The third kappa shape index (κ3) is 4.34. The molecule has 5 nitrogen and oxygen atoms in total. The number of hydrogen-bond acceptors (Lipinski definition) is 4. The number of carbonyl (C=O) groups excluding carboxylic acids is 1. The summed E-state index contributed by atoms with van der Waals surface area (Å²) >= 11 is 0. The van der Waals surface area contributed by atoms with E-state index in [1.807, 2.05) is 36.4 Å². The minimum absolute atomic E-state index is 0.0236. The minimum atomic E-state index is -0.0649. The highest BCUT2D eigenvalue weighted by Gasteiger charge is 2.22. The number of ether oxygens (including phenoxy) is 1. The minimum Gasteiger partial charge on any atom is -0.508 e. The quantitative estimate of drug-likeness (QED) is 0.907. The SMILES string of the molecule is CC(=O)Nc1ccc(CN2CCOC(c3cccc(O)c3)C2)cc1. The van der Waals surface area contributed by atoms with Crippen molar-refractivity contribution in [1.82, 2.24) is 4.90 Å². The largest absolute Gasteiger partial charge is 0.508 e. The van der Waals surface area contributed by atoms with E-state index in [-0.39, 0.29) is 17.8 Å². The number of anilines is 1. The van der Waals surface area contributed by atoms with Gasteiger partial charge < -0.3 is 15.2 Å². The summed E-state index contributed by atoms with van der Waals surface area (Å²) in [6.07, 6.45) is -0.0236. The first-order valence-electron chi connectivity index (χ1n) is 8.09. The van der Waals surface area contributed by atoms with Crippen molar-refractivity contribution in [2.45, 2.75) is 19.6 Å². The molecule has 1 atom stereocenters. The molecule has 1 amide bonds. The van der Waals surface area contributed by atoms with Gasteiger partial charge in [-0.25, -0.2) is 0 Å². The number of nitrogens with zero attached hydrogens (tertiary/aromatic N) is 1. The number of phenolic OH excluding ortho intramolecular Hbond substituents is 1. The van der Waals surface area contributed by atoms with Crippen LogP contribution in [0.5, 0.6) is 5.75 Å². The summed E-state index contributed by atoms with van der Waals surface area (Å²) in [5, 5.41) is 12.4. The van der Waals surface area contributed by atoms with Crippen LogP contribution in [0.4, 0.5) is 5.69 Å². The van der Waals surface area contributed by atoms with Gasteiger partial charge in [0.25, 0.3) is 0 Å². The van der Waals surface area contributed by atoms with Gasteiger partial charge in [0.05, 0.1) is 12.7 Å². The molecule has 0 aromatic heterocycles. The Kier molecular flexibility index (Phi) is 5.13. The normalized spacial score (nSPS) is 18.3. The fourth-order valence-electron chi connectivity index (χ4n) is 2.93. The first kappa shape index (κ1) is 16.5. The standard InChI is InChI=1S/C19H22N2O3/c1-14(22)20-17-7-5-15(6-8-17)12-21-9-10-24-19(13-21)16-3-2-4-18(23)11-16/h2-8,11,19,23H,9-10,12-13H2,1H3,(H,20,22). The van der Waals surface area contributed by atoms with E-state index < -0.39 is 0 Å². The number of nitrogens with one attached hydrogen (secondary N) is 1. The molecule has 2 aromatic rings. The molecule has 126 valence electrons. The van der Waals surface area contributed by atoms with Crippen LogP contribution in [0.25, 0.3) is 0 Å². The first-order valence-corrected chi connectivity index (χ1v) is 8.09. The summed E-state index contributed by atoms with van der Waals surface area (Å²) in [6.45, 7) is 4.67. The van der Waals surface area contributed by atoms with Gasteiger partial charge in [0.2, 0.25) is 5.91 Å². The number of benzene rings is 2. The molecule has 2 N–H and O–H groups in total. The highest BCUT2D eigenvalue weighted by Crippen LogP contribution is 2.25. The second kappa shape index (κ2) is 7.47. The zero-order valence-electron chi connectivity index (χ0n) is 13.7. The molecule has 1 unspecified atom stereocenters. The van der Waals surface area contributed by atoms with Gasteiger partial charge in [0.15, 0.2) is 0 Å². The van der Waals surface area contributed by atoms with Crippen molar-refractivity contribution >= 4 is 11.6 Å². The highest BCUT2D eigenvalue weighted by atomic mass is 16.5. The number of rotatable bonds is 4. The molecule has 0 radical (unpaired) electrons. The van der Waals surface area contributed by atoms with E-state index >= 15 is 0 Å². The van der Waals surface area contributed by atoms with Crippen LogP contribution in [0.3, 0.4) is 0 Å². The summed E-state index contributed by atoms with van der Waals surface area (Å²) < 4.78 is 5.85. The number of aromatic hydroxyl groups is 1. The van der Waals surface area contributed by atoms with Crippen LogP contribution >= 0.6 is 0 Å². The zero-order chi connectivity index (χ0) is 16.9. The lowest BCUT2D eigenvalue weighted by molar-refractivity contribution is -0.114. The van der Waals surface area contributed by atoms with Crippen molar-refractivity contribution in [3.05, 3.63) is 59.7 Å². The highest BCUT2D eigenvalue weighted by molar-refractivity contribution is 5.88. The molecule has 1 heterocycles. The molecule has 0 saturated carbocycles. The Balaban J connectivity index is 1.62. The number of amides is 1. The molecule has 24 heavy (non-hydrogen) atoms. The maximum atomic E-state index is 11.1. The smallest absolute Gasteiger partial charge is 0.221 e. The Hall–Kier alpha value is -2.37. The van der Waals surface area contributed by atoms with E-state index in [4.69, 9.17) is 4.74 Å². The van der Waals surface area contributed by atoms with Crippen LogP contribution in [0.1, 0.15) is 24.2 Å². The monoisotopic (exact) mass is 326 g/mol. The average molecular weight is 326 g/mol. The van der Waals surface area contributed by atoms with Gasteiger partial charge in [-0.15, -0.1) is 0 Å². The van der Waals surface area contributed by atoms with Crippen molar-refractivity contribution in [1.29, 1.82) is 0 Å². The first-order chi connectivity index (χ1) is 11.6. The Labute approximate surface area is 141 Å². The second-order valence-corrected chi connectivity index (χ2v) is 6.07. The van der Waals surface area contributed by atoms with Gasteiger partial charge in [-0.1, -0.05) is 24.3 Å². The maximum absolute atomic E-state index is 11.1. The molecular formula is C19H22N2O3. The molecule has 1 aliphatic rings. The molecule has 1 aliphatic heterocycles. The summed E-state index contributed by atoms with van der Waals surface area (Å²) in [5.74, 6) is 0.201. The lowest BCUT2D eigenvalue weighted by Crippen LogP contribution is -2.37. The molecular weight excluding hydrogens is 304 g/mol. The van der Waals surface area contributed by atoms with Crippen LogP contribution in [0.2, 0.25) is 0 Å². The van der Waals surface area contributed by atoms with E-state index in [0.717, 1.165) is 30.9 Å². The summed E-state index contributed by atoms with van der Waals surface area (Å²) in [4.78, 5) is 13.4. The topological polar surface area (TPSA) is 61.8 Å². The van der Waals surface area contributed by atoms with E-state index in [0.29, 0.717) is 6.61 Å². The Bertz CT molecular complexity index is 700. The third-order valence-electron chi connectivity index (χ3n) is 4.07. The number of phenols is 1. The molecule has 5 heteroatoms. The van der Waals surface area contributed by atoms with Gasteiger partial charge in [0.1, 0.15) is 5.75 Å². The van der Waals surface area contributed by atoms with Crippen LogP contribution in [0, 0.1) is 0 Å². The maximum Gasteiger partial charge on any atom is 0.221 e. The molecule has 0 spiro atoms. The Morgan fingerprint density at radius 2 is 2.08 bits per heavy atom. The van der Waals surface area contributed by atoms with Crippen LogP contribution in [-0.2, 0) is 16.1 Å². The fraction of sp³-hybridized carbons (Fsp3) is 0.316. The predicted octanol–water partition coefficient (Wildman–Crippen LogP) is 2.92. The van der Waals surface area contributed by atoms with Crippen molar-refractivity contribution in [3.63, 3.8) is 0 Å². The molecule has 3 rings (SSSR count). The van der Waals surface area contributed by atoms with Crippen LogP contribution in [-0.4, -0.2) is 35.6 Å². The van der Waals surface area contributed by atoms with Crippen molar-refractivity contribution in [3.8, 4) is 5.75 Å². The summed E-state index contributed by atoms with van der Waals surface area (Å²) in [7, 11) is 0.